The average Bonchev–Trinajstić information content (AvgIpc) is 2.72. The van der Waals surface area contributed by atoms with E-state index in [9.17, 15) is 15.0 Å². The van der Waals surface area contributed by atoms with Gasteiger partial charge in [-0.05, 0) is 38.5 Å². The summed E-state index contributed by atoms with van der Waals surface area (Å²) in [5, 5.41) is 22.4. The molecule has 2 unspecified atom stereocenters. The summed E-state index contributed by atoms with van der Waals surface area (Å²) in [5.41, 5.74) is 0. The summed E-state index contributed by atoms with van der Waals surface area (Å²) in [6.45, 7) is 4.14. The number of hydrogen-bond acceptors (Lipinski definition) is 3. The molecule has 2 atom stereocenters. The van der Waals surface area contributed by atoms with E-state index in [0.717, 1.165) is 57.8 Å². The molecule has 0 radical (unpaired) electrons. The van der Waals surface area contributed by atoms with E-state index in [4.69, 9.17) is 0 Å². The van der Waals surface area contributed by atoms with Crippen molar-refractivity contribution < 1.29 is 15.0 Å². The maximum absolute atomic E-state index is 12.0. The number of hydrogen-bond donors (Lipinski definition) is 3. The smallest absolute Gasteiger partial charge is 0.220 e. The fourth-order valence-corrected chi connectivity index (χ4v) is 3.28. The second kappa shape index (κ2) is 21.6. The van der Waals surface area contributed by atoms with Crippen LogP contribution in [0.2, 0.25) is 0 Å². The van der Waals surface area contributed by atoms with Crippen LogP contribution < -0.4 is 5.32 Å². The molecule has 0 heterocycles. The lowest BCUT2D eigenvalue weighted by atomic mass is 10.0. The zero-order valence-corrected chi connectivity index (χ0v) is 19.1. The minimum atomic E-state index is -0.656. The SMILES string of the molecule is CCC/C=C\C/C=C\CCCCCCCC(=O)NC(CO)C(O)CCCCCC. The first-order chi connectivity index (χ1) is 14.2. The van der Waals surface area contributed by atoms with Crippen LogP contribution in [-0.2, 0) is 4.79 Å². The van der Waals surface area contributed by atoms with Crippen LogP contribution >= 0.6 is 0 Å². The largest absolute Gasteiger partial charge is 0.394 e. The molecule has 0 rings (SSSR count). The van der Waals surface area contributed by atoms with Crippen molar-refractivity contribution in [2.24, 2.45) is 0 Å². The molecule has 0 aromatic rings. The second-order valence-corrected chi connectivity index (χ2v) is 8.05. The molecule has 0 fully saturated rings. The van der Waals surface area contributed by atoms with Crippen molar-refractivity contribution >= 4 is 5.91 Å². The monoisotopic (exact) mass is 409 g/mol. The third-order valence-electron chi connectivity index (χ3n) is 5.20. The van der Waals surface area contributed by atoms with Gasteiger partial charge in [-0.15, -0.1) is 0 Å². The number of nitrogens with one attached hydrogen (secondary N) is 1. The summed E-state index contributed by atoms with van der Waals surface area (Å²) < 4.78 is 0. The van der Waals surface area contributed by atoms with E-state index in [-0.39, 0.29) is 12.5 Å². The van der Waals surface area contributed by atoms with Gasteiger partial charge < -0.3 is 15.5 Å². The van der Waals surface area contributed by atoms with Gasteiger partial charge in [0.2, 0.25) is 5.91 Å². The van der Waals surface area contributed by atoms with E-state index in [1.54, 1.807) is 0 Å². The summed E-state index contributed by atoms with van der Waals surface area (Å²) in [7, 11) is 0. The van der Waals surface area contributed by atoms with Crippen molar-refractivity contribution in [3.63, 3.8) is 0 Å². The quantitative estimate of drug-likeness (QED) is 0.175. The first-order valence-corrected chi connectivity index (χ1v) is 12.0. The molecule has 0 aromatic heterocycles. The Bertz CT molecular complexity index is 420. The molecule has 0 aliphatic rings. The maximum Gasteiger partial charge on any atom is 0.220 e. The normalized spacial score (nSPS) is 13.9. The van der Waals surface area contributed by atoms with Gasteiger partial charge in [0.05, 0.1) is 18.8 Å². The Kier molecular flexibility index (Phi) is 20.7. The highest BCUT2D eigenvalue weighted by atomic mass is 16.3. The lowest BCUT2D eigenvalue weighted by Gasteiger charge is -2.22. The van der Waals surface area contributed by atoms with Crippen LogP contribution in [0, 0.1) is 0 Å². The predicted octanol–water partition coefficient (Wildman–Crippen LogP) is 5.83. The molecule has 3 N–H and O–H groups in total. The Morgan fingerprint density at radius 1 is 0.828 bits per heavy atom. The van der Waals surface area contributed by atoms with Crippen LogP contribution in [0.15, 0.2) is 24.3 Å². The second-order valence-electron chi connectivity index (χ2n) is 8.05. The number of amides is 1. The van der Waals surface area contributed by atoms with Gasteiger partial charge in [0.1, 0.15) is 0 Å². The molecule has 0 saturated carbocycles. The van der Waals surface area contributed by atoms with Crippen LogP contribution in [0.3, 0.4) is 0 Å². The number of carbonyl (C=O) groups is 1. The molecule has 170 valence electrons. The zero-order valence-electron chi connectivity index (χ0n) is 19.1. The zero-order chi connectivity index (χ0) is 21.6. The third-order valence-corrected chi connectivity index (χ3v) is 5.20. The Hall–Kier alpha value is -1.13. The lowest BCUT2D eigenvalue weighted by Crippen LogP contribution is -2.45. The predicted molar refractivity (Wildman–Crippen MR) is 124 cm³/mol. The molecule has 0 spiro atoms. The van der Waals surface area contributed by atoms with Gasteiger partial charge in [-0.25, -0.2) is 0 Å². The van der Waals surface area contributed by atoms with Crippen molar-refractivity contribution in [3.05, 3.63) is 24.3 Å². The van der Waals surface area contributed by atoms with Gasteiger partial charge in [0.25, 0.3) is 0 Å². The summed E-state index contributed by atoms with van der Waals surface area (Å²) >= 11 is 0. The van der Waals surface area contributed by atoms with Crippen LogP contribution in [0.5, 0.6) is 0 Å². The molecule has 0 aliphatic heterocycles. The molecule has 1 amide bonds. The van der Waals surface area contributed by atoms with Gasteiger partial charge in [0.15, 0.2) is 0 Å². The standard InChI is InChI=1S/C25H47NO3/c1-3-5-7-9-10-11-12-13-14-15-16-17-19-21-25(29)26-23(22-27)24(28)20-18-8-6-4-2/h7,9,11-12,23-24,27-28H,3-6,8,10,13-22H2,1-2H3,(H,26,29)/b9-7-,12-11-. The van der Waals surface area contributed by atoms with E-state index >= 15 is 0 Å². The van der Waals surface area contributed by atoms with Gasteiger partial charge >= 0.3 is 0 Å². The number of rotatable bonds is 20. The average molecular weight is 410 g/mol. The van der Waals surface area contributed by atoms with Crippen LogP contribution in [0.4, 0.5) is 0 Å². The highest BCUT2D eigenvalue weighted by Crippen LogP contribution is 2.10. The Morgan fingerprint density at radius 3 is 2.17 bits per heavy atom. The Morgan fingerprint density at radius 2 is 1.48 bits per heavy atom. The number of carbonyl (C=O) groups excluding carboxylic acids is 1. The van der Waals surface area contributed by atoms with Crippen LogP contribution in [-0.4, -0.2) is 34.9 Å². The molecular formula is C25H47NO3. The number of unbranched alkanes of at least 4 members (excludes halogenated alkanes) is 9. The van der Waals surface area contributed by atoms with Gasteiger partial charge in [0, 0.05) is 6.42 Å². The summed E-state index contributed by atoms with van der Waals surface area (Å²) in [6.07, 6.45) is 23.8. The van der Waals surface area contributed by atoms with E-state index in [1.165, 1.54) is 25.7 Å². The lowest BCUT2D eigenvalue weighted by molar-refractivity contribution is -0.123. The molecular weight excluding hydrogens is 362 g/mol. The molecule has 29 heavy (non-hydrogen) atoms. The number of aliphatic hydroxyl groups excluding tert-OH is 2. The molecule has 0 aromatic carbocycles. The van der Waals surface area contributed by atoms with Crippen molar-refractivity contribution in [1.82, 2.24) is 5.32 Å². The Balaban J connectivity index is 3.65. The molecule has 0 aliphatic carbocycles. The highest BCUT2D eigenvalue weighted by Gasteiger charge is 2.19. The maximum atomic E-state index is 12.0. The van der Waals surface area contributed by atoms with Gasteiger partial charge in [-0.1, -0.05) is 89.5 Å². The van der Waals surface area contributed by atoms with Gasteiger partial charge in [-0.2, -0.15) is 0 Å². The molecule has 0 bridgehead atoms. The first-order valence-electron chi connectivity index (χ1n) is 12.0. The number of allylic oxidation sites excluding steroid dienone is 4. The van der Waals surface area contributed by atoms with Crippen molar-refractivity contribution in [2.75, 3.05) is 6.61 Å². The van der Waals surface area contributed by atoms with E-state index in [2.05, 4.69) is 43.5 Å². The molecule has 0 saturated heterocycles. The minimum Gasteiger partial charge on any atom is -0.394 e. The van der Waals surface area contributed by atoms with Crippen LogP contribution in [0.25, 0.3) is 0 Å². The van der Waals surface area contributed by atoms with E-state index in [1.807, 2.05) is 0 Å². The highest BCUT2D eigenvalue weighted by molar-refractivity contribution is 5.76. The van der Waals surface area contributed by atoms with Crippen molar-refractivity contribution in [1.29, 1.82) is 0 Å². The topological polar surface area (TPSA) is 69.6 Å². The summed E-state index contributed by atoms with van der Waals surface area (Å²) in [4.78, 5) is 12.0. The van der Waals surface area contributed by atoms with Crippen LogP contribution in [0.1, 0.15) is 110 Å². The first kappa shape index (κ1) is 27.9. The molecule has 4 nitrogen and oxygen atoms in total. The van der Waals surface area contributed by atoms with E-state index in [0.29, 0.717) is 12.8 Å². The third kappa shape index (κ3) is 18.6. The van der Waals surface area contributed by atoms with Crippen molar-refractivity contribution in [2.45, 2.75) is 122 Å². The molecule has 4 heteroatoms. The summed E-state index contributed by atoms with van der Waals surface area (Å²) in [5.74, 6) is -0.0595. The minimum absolute atomic E-state index is 0.0595. The fraction of sp³-hybridized carbons (Fsp3) is 0.800. The van der Waals surface area contributed by atoms with Crippen molar-refractivity contribution in [3.8, 4) is 0 Å². The summed E-state index contributed by atoms with van der Waals surface area (Å²) in [6, 6.07) is -0.535. The Labute approximate surface area is 179 Å². The number of aliphatic hydroxyl groups is 2. The fourth-order valence-electron chi connectivity index (χ4n) is 3.28. The van der Waals surface area contributed by atoms with Gasteiger partial charge in [-0.3, -0.25) is 4.79 Å². The van der Waals surface area contributed by atoms with E-state index < -0.39 is 12.1 Å².